The summed E-state index contributed by atoms with van der Waals surface area (Å²) >= 11 is 0. The molecule has 0 radical (unpaired) electrons. The Kier molecular flexibility index (Phi) is 5.56. The second-order valence-corrected chi connectivity index (χ2v) is 7.30. The molecule has 1 amide bonds. The fourth-order valence-electron chi connectivity index (χ4n) is 2.18. The lowest BCUT2D eigenvalue weighted by atomic mass is 10.3. The first-order valence-electron chi connectivity index (χ1n) is 7.20. The van der Waals surface area contributed by atoms with Crippen molar-refractivity contribution in [1.82, 2.24) is 14.2 Å². The summed E-state index contributed by atoms with van der Waals surface area (Å²) in [6.45, 7) is 0.489. The Bertz CT molecular complexity index is 681. The molecule has 136 valence electrons. The molecule has 1 N–H and O–H groups in total. The van der Waals surface area contributed by atoms with Crippen LogP contribution in [0.4, 0.5) is 13.2 Å². The van der Waals surface area contributed by atoms with Gasteiger partial charge in [0.2, 0.25) is 10.0 Å². The Morgan fingerprint density at radius 2 is 2.00 bits per heavy atom. The third-order valence-corrected chi connectivity index (χ3v) is 5.45. The molecule has 2 heterocycles. The molecule has 11 heteroatoms. The number of hydrogen-bond acceptors (Lipinski definition) is 4. The van der Waals surface area contributed by atoms with Gasteiger partial charge in [-0.15, -0.1) is 0 Å². The summed E-state index contributed by atoms with van der Waals surface area (Å²) in [5.74, 6) is -0.706. The Morgan fingerprint density at radius 1 is 1.38 bits per heavy atom. The van der Waals surface area contributed by atoms with Crippen molar-refractivity contribution in [3.8, 4) is 0 Å². The largest absolute Gasteiger partial charge is 0.390 e. The van der Waals surface area contributed by atoms with E-state index in [1.165, 1.54) is 11.4 Å². The van der Waals surface area contributed by atoms with Crippen LogP contribution in [0.5, 0.6) is 0 Å². The van der Waals surface area contributed by atoms with E-state index >= 15 is 0 Å². The van der Waals surface area contributed by atoms with E-state index < -0.39 is 35.1 Å². The van der Waals surface area contributed by atoms with E-state index in [1.807, 2.05) is 0 Å². The van der Waals surface area contributed by atoms with Gasteiger partial charge in [0.25, 0.3) is 5.91 Å². The van der Waals surface area contributed by atoms with E-state index in [2.05, 4.69) is 4.98 Å². The van der Waals surface area contributed by atoms with Gasteiger partial charge in [-0.2, -0.15) is 17.5 Å². The van der Waals surface area contributed by atoms with E-state index in [1.54, 1.807) is 0 Å². The van der Waals surface area contributed by atoms with E-state index in [0.717, 1.165) is 17.2 Å². The van der Waals surface area contributed by atoms with Crippen molar-refractivity contribution in [3.05, 3.63) is 18.0 Å². The van der Waals surface area contributed by atoms with Crippen molar-refractivity contribution in [1.29, 1.82) is 0 Å². The number of nitrogens with one attached hydrogen (secondary N) is 1. The number of morpholine rings is 1. The molecule has 0 aromatic carbocycles. The highest BCUT2D eigenvalue weighted by atomic mass is 32.2. The predicted molar refractivity (Wildman–Crippen MR) is 78.0 cm³/mol. The van der Waals surface area contributed by atoms with Gasteiger partial charge >= 0.3 is 6.18 Å². The quantitative estimate of drug-likeness (QED) is 0.841. The fraction of sp³-hybridized carbons (Fsp3) is 0.615. The number of carbonyl (C=O) groups excluding carboxylic acids is 1. The second kappa shape index (κ2) is 7.11. The average Bonchev–Trinajstić information content (AvgIpc) is 3.02. The Labute approximate surface area is 137 Å². The van der Waals surface area contributed by atoms with Crippen LogP contribution in [0.15, 0.2) is 17.2 Å². The normalized spacial score (nSPS) is 17.0. The maximum absolute atomic E-state index is 12.4. The van der Waals surface area contributed by atoms with Crippen LogP contribution in [0.1, 0.15) is 16.9 Å². The minimum atomic E-state index is -4.37. The lowest BCUT2D eigenvalue weighted by molar-refractivity contribution is -0.136. The van der Waals surface area contributed by atoms with Crippen LogP contribution in [0, 0.1) is 0 Å². The molecule has 1 aliphatic heterocycles. The molecule has 0 atom stereocenters. The summed E-state index contributed by atoms with van der Waals surface area (Å²) < 4.78 is 67.8. The van der Waals surface area contributed by atoms with Gasteiger partial charge in [-0.1, -0.05) is 0 Å². The van der Waals surface area contributed by atoms with Crippen LogP contribution in [-0.2, 0) is 14.8 Å². The molecule has 1 saturated heterocycles. The molecule has 0 saturated carbocycles. The molecule has 1 aliphatic rings. The third-order valence-electron chi connectivity index (χ3n) is 3.57. The Balaban J connectivity index is 2.07. The molecular weight excluding hydrogens is 351 g/mol. The number of aromatic nitrogens is 1. The lowest BCUT2D eigenvalue weighted by Gasteiger charge is -2.25. The Hall–Kier alpha value is -1.59. The second-order valence-electron chi connectivity index (χ2n) is 5.36. The molecule has 0 bridgehead atoms. The highest BCUT2D eigenvalue weighted by Crippen LogP contribution is 2.21. The maximum Gasteiger partial charge on any atom is 0.390 e. The Morgan fingerprint density at radius 3 is 2.58 bits per heavy atom. The molecule has 7 nitrogen and oxygen atoms in total. The SMILES string of the molecule is CN(CCC(F)(F)F)C(=O)c1cc(S(=O)(=O)N2CCOCC2)c[nH]1. The number of halogens is 3. The van der Waals surface area contributed by atoms with Gasteiger partial charge in [-0.25, -0.2) is 8.42 Å². The van der Waals surface area contributed by atoms with Crippen LogP contribution in [-0.4, -0.2) is 74.6 Å². The summed E-state index contributed by atoms with van der Waals surface area (Å²) in [7, 11) is -2.54. The van der Waals surface area contributed by atoms with Crippen LogP contribution in [0.2, 0.25) is 0 Å². The van der Waals surface area contributed by atoms with Gasteiger partial charge in [0.05, 0.1) is 19.6 Å². The minimum Gasteiger partial charge on any atom is -0.379 e. The highest BCUT2D eigenvalue weighted by Gasteiger charge is 2.30. The van der Waals surface area contributed by atoms with E-state index in [-0.39, 0.29) is 36.9 Å². The monoisotopic (exact) mass is 369 g/mol. The van der Waals surface area contributed by atoms with E-state index in [9.17, 15) is 26.4 Å². The smallest absolute Gasteiger partial charge is 0.379 e. The zero-order chi connectivity index (χ0) is 18.0. The number of sulfonamides is 1. The summed E-state index contributed by atoms with van der Waals surface area (Å²) in [6.07, 6.45) is -4.33. The van der Waals surface area contributed by atoms with E-state index in [0.29, 0.717) is 0 Å². The predicted octanol–water partition coefficient (Wildman–Crippen LogP) is 1.06. The molecule has 1 aromatic heterocycles. The van der Waals surface area contributed by atoms with Gasteiger partial charge in [0.1, 0.15) is 10.6 Å². The minimum absolute atomic E-state index is 0.0773. The van der Waals surface area contributed by atoms with Crippen molar-refractivity contribution in [2.75, 3.05) is 39.9 Å². The number of nitrogens with zero attached hydrogens (tertiary/aromatic N) is 2. The first-order valence-corrected chi connectivity index (χ1v) is 8.64. The van der Waals surface area contributed by atoms with Gasteiger partial charge < -0.3 is 14.6 Å². The van der Waals surface area contributed by atoms with Crippen molar-refractivity contribution < 1.29 is 31.1 Å². The summed E-state index contributed by atoms with van der Waals surface area (Å²) in [6, 6.07) is 1.14. The fourth-order valence-corrected chi connectivity index (χ4v) is 3.59. The zero-order valence-electron chi connectivity index (χ0n) is 13.0. The molecule has 1 fully saturated rings. The first-order chi connectivity index (χ1) is 11.1. The lowest BCUT2D eigenvalue weighted by Crippen LogP contribution is -2.40. The average molecular weight is 369 g/mol. The van der Waals surface area contributed by atoms with Crippen molar-refractivity contribution in [2.45, 2.75) is 17.5 Å². The summed E-state index contributed by atoms with van der Waals surface area (Å²) in [5.41, 5.74) is -0.0773. The molecular formula is C13H18F3N3O4S. The summed E-state index contributed by atoms with van der Waals surface area (Å²) in [4.78, 5) is 15.4. The number of ether oxygens (including phenoxy) is 1. The van der Waals surface area contributed by atoms with Gasteiger partial charge in [0.15, 0.2) is 0 Å². The van der Waals surface area contributed by atoms with Gasteiger partial charge in [0, 0.05) is 32.9 Å². The maximum atomic E-state index is 12.4. The number of aromatic amines is 1. The topological polar surface area (TPSA) is 82.7 Å². The van der Waals surface area contributed by atoms with E-state index in [4.69, 9.17) is 4.74 Å². The molecule has 2 rings (SSSR count). The highest BCUT2D eigenvalue weighted by molar-refractivity contribution is 7.89. The number of H-pyrrole nitrogens is 1. The molecule has 1 aromatic rings. The van der Waals surface area contributed by atoms with Crippen molar-refractivity contribution in [2.24, 2.45) is 0 Å². The van der Waals surface area contributed by atoms with Crippen molar-refractivity contribution in [3.63, 3.8) is 0 Å². The number of alkyl halides is 3. The molecule has 0 spiro atoms. The number of carbonyl (C=O) groups is 1. The summed E-state index contributed by atoms with van der Waals surface area (Å²) in [5, 5.41) is 0. The zero-order valence-corrected chi connectivity index (χ0v) is 13.8. The first kappa shape index (κ1) is 18.7. The van der Waals surface area contributed by atoms with Crippen LogP contribution < -0.4 is 0 Å². The molecule has 24 heavy (non-hydrogen) atoms. The number of amides is 1. The number of rotatable bonds is 5. The number of hydrogen-bond donors (Lipinski definition) is 1. The van der Waals surface area contributed by atoms with Crippen LogP contribution >= 0.6 is 0 Å². The van der Waals surface area contributed by atoms with Gasteiger partial charge in [-0.3, -0.25) is 4.79 Å². The van der Waals surface area contributed by atoms with Crippen LogP contribution in [0.25, 0.3) is 0 Å². The third kappa shape index (κ3) is 4.48. The van der Waals surface area contributed by atoms with Crippen molar-refractivity contribution >= 4 is 15.9 Å². The molecule has 0 unspecified atom stereocenters. The molecule has 0 aliphatic carbocycles. The standard InChI is InChI=1S/C13H18F3N3O4S/c1-18(3-2-13(14,15)16)12(20)11-8-10(9-17-11)24(21,22)19-4-6-23-7-5-19/h8-9,17H,2-7H2,1H3. The van der Waals surface area contributed by atoms with Crippen LogP contribution in [0.3, 0.4) is 0 Å². The van der Waals surface area contributed by atoms with Gasteiger partial charge in [-0.05, 0) is 6.07 Å².